The topological polar surface area (TPSA) is 87.4 Å². The van der Waals surface area contributed by atoms with Gasteiger partial charge in [-0.1, -0.05) is 48.5 Å². The normalized spacial score (nSPS) is 10.2. The molecule has 0 saturated carbocycles. The molecule has 0 saturated heterocycles. The maximum Gasteiger partial charge on any atom is 0.409 e. The van der Waals surface area contributed by atoms with Crippen LogP contribution in [0.1, 0.15) is 5.56 Å². The van der Waals surface area contributed by atoms with E-state index in [-0.39, 0.29) is 0 Å². The number of carbonyl (C=O) groups is 1. The van der Waals surface area contributed by atoms with Gasteiger partial charge in [0.25, 0.3) is 0 Å². The first-order valence-electron chi connectivity index (χ1n) is 7.89. The van der Waals surface area contributed by atoms with Crippen molar-refractivity contribution in [1.82, 2.24) is 0 Å². The Morgan fingerprint density at radius 3 is 2.24 bits per heavy atom. The lowest BCUT2D eigenvalue weighted by atomic mass is 10.1. The maximum atomic E-state index is 10.7. The molecule has 0 atom stereocenters. The van der Waals surface area contributed by atoms with E-state index < -0.39 is 6.09 Å². The molecule has 3 rings (SSSR count). The molecular formula is C20H19N3O2. The van der Waals surface area contributed by atoms with Crippen LogP contribution in [0.25, 0.3) is 11.1 Å². The Hall–Kier alpha value is -3.47. The van der Waals surface area contributed by atoms with Crippen molar-refractivity contribution >= 4 is 23.2 Å². The molecule has 3 aromatic carbocycles. The molecule has 1 amide bonds. The van der Waals surface area contributed by atoms with E-state index in [1.807, 2.05) is 36.4 Å². The predicted molar refractivity (Wildman–Crippen MR) is 102 cm³/mol. The summed E-state index contributed by atoms with van der Waals surface area (Å²) in [4.78, 5) is 10.7. The lowest BCUT2D eigenvalue weighted by molar-refractivity contribution is 0.210. The molecule has 5 nitrogen and oxygen atoms in total. The van der Waals surface area contributed by atoms with Crippen molar-refractivity contribution < 1.29 is 9.90 Å². The molecule has 25 heavy (non-hydrogen) atoms. The second-order valence-corrected chi connectivity index (χ2v) is 5.65. The Morgan fingerprint density at radius 1 is 0.920 bits per heavy atom. The second kappa shape index (κ2) is 7.40. The number of nitrogen functional groups attached to an aromatic ring is 1. The van der Waals surface area contributed by atoms with E-state index >= 15 is 0 Å². The summed E-state index contributed by atoms with van der Waals surface area (Å²) < 4.78 is 0. The van der Waals surface area contributed by atoms with E-state index in [1.165, 1.54) is 11.1 Å². The zero-order chi connectivity index (χ0) is 17.6. The van der Waals surface area contributed by atoms with Gasteiger partial charge in [0.15, 0.2) is 0 Å². The average molecular weight is 333 g/mol. The molecule has 5 heteroatoms. The molecule has 0 bridgehead atoms. The van der Waals surface area contributed by atoms with Gasteiger partial charge in [0.1, 0.15) is 0 Å². The highest BCUT2D eigenvalue weighted by Gasteiger charge is 2.04. The highest BCUT2D eigenvalue weighted by atomic mass is 16.4. The summed E-state index contributed by atoms with van der Waals surface area (Å²) in [5.74, 6) is 0. The minimum Gasteiger partial charge on any atom is -0.465 e. The SMILES string of the molecule is Nc1cc(CNc2ccc(-c3ccccc3)cc2)ccc1NC(=O)O. The standard InChI is InChI=1S/C20H19N3O2/c21-18-12-14(6-11-19(18)23-20(24)25)13-22-17-9-7-16(8-10-17)15-4-2-1-3-5-15/h1-12,22-23H,13,21H2,(H,24,25). The quantitative estimate of drug-likeness (QED) is 0.512. The number of carboxylic acid groups (broad SMARTS) is 1. The third-order valence-electron chi connectivity index (χ3n) is 3.85. The minimum absolute atomic E-state index is 0.392. The lowest BCUT2D eigenvalue weighted by Crippen LogP contribution is -2.09. The maximum absolute atomic E-state index is 10.7. The van der Waals surface area contributed by atoms with Crippen LogP contribution in [0.3, 0.4) is 0 Å². The summed E-state index contributed by atoms with van der Waals surface area (Å²) in [6, 6.07) is 23.7. The molecule has 3 aromatic rings. The minimum atomic E-state index is -1.13. The Kier molecular flexibility index (Phi) is 4.85. The second-order valence-electron chi connectivity index (χ2n) is 5.65. The van der Waals surface area contributed by atoms with E-state index in [0.29, 0.717) is 17.9 Å². The van der Waals surface area contributed by atoms with Crippen LogP contribution in [0, 0.1) is 0 Å². The molecule has 0 fully saturated rings. The van der Waals surface area contributed by atoms with Gasteiger partial charge < -0.3 is 16.2 Å². The highest BCUT2D eigenvalue weighted by molar-refractivity contribution is 5.87. The molecule has 0 aliphatic heterocycles. The summed E-state index contributed by atoms with van der Waals surface area (Å²) in [7, 11) is 0. The monoisotopic (exact) mass is 333 g/mol. The third kappa shape index (κ3) is 4.29. The molecule has 126 valence electrons. The van der Waals surface area contributed by atoms with Crippen LogP contribution in [0.2, 0.25) is 0 Å². The van der Waals surface area contributed by atoms with Gasteiger partial charge in [-0.05, 0) is 41.0 Å². The summed E-state index contributed by atoms with van der Waals surface area (Å²) >= 11 is 0. The number of hydrogen-bond donors (Lipinski definition) is 4. The van der Waals surface area contributed by atoms with Gasteiger partial charge in [0, 0.05) is 12.2 Å². The van der Waals surface area contributed by atoms with Crippen LogP contribution >= 0.6 is 0 Å². The Bertz CT molecular complexity index is 862. The van der Waals surface area contributed by atoms with E-state index in [1.54, 1.807) is 12.1 Å². The molecule has 0 aromatic heterocycles. The summed E-state index contributed by atoms with van der Waals surface area (Å²) in [6.45, 7) is 0.599. The lowest BCUT2D eigenvalue weighted by Gasteiger charge is -2.10. The largest absolute Gasteiger partial charge is 0.465 e. The van der Waals surface area contributed by atoms with Gasteiger partial charge in [-0.25, -0.2) is 4.79 Å². The van der Waals surface area contributed by atoms with Crippen LogP contribution in [0.4, 0.5) is 21.9 Å². The Balaban J connectivity index is 1.64. The van der Waals surface area contributed by atoms with Crippen molar-refractivity contribution in [3.63, 3.8) is 0 Å². The van der Waals surface area contributed by atoms with Crippen molar-refractivity contribution in [2.75, 3.05) is 16.4 Å². The van der Waals surface area contributed by atoms with Crippen LogP contribution in [-0.2, 0) is 6.54 Å². The average Bonchev–Trinajstić information content (AvgIpc) is 2.63. The Labute approximate surface area is 146 Å². The molecule has 5 N–H and O–H groups in total. The van der Waals surface area contributed by atoms with Crippen molar-refractivity contribution in [2.45, 2.75) is 6.54 Å². The zero-order valence-electron chi connectivity index (χ0n) is 13.6. The predicted octanol–water partition coefficient (Wildman–Crippen LogP) is 4.64. The smallest absolute Gasteiger partial charge is 0.409 e. The number of hydrogen-bond acceptors (Lipinski definition) is 3. The number of nitrogens with one attached hydrogen (secondary N) is 2. The van der Waals surface area contributed by atoms with E-state index in [4.69, 9.17) is 10.8 Å². The van der Waals surface area contributed by atoms with Crippen molar-refractivity contribution in [3.8, 4) is 11.1 Å². The molecular weight excluding hydrogens is 314 g/mol. The summed E-state index contributed by atoms with van der Waals surface area (Å²) in [6.07, 6.45) is -1.13. The fourth-order valence-electron chi connectivity index (χ4n) is 2.57. The van der Waals surface area contributed by atoms with Crippen LogP contribution in [0.5, 0.6) is 0 Å². The van der Waals surface area contributed by atoms with Crippen molar-refractivity contribution in [2.24, 2.45) is 0 Å². The molecule has 0 unspecified atom stereocenters. The van der Waals surface area contributed by atoms with E-state index in [9.17, 15) is 4.79 Å². The van der Waals surface area contributed by atoms with Gasteiger partial charge in [-0.15, -0.1) is 0 Å². The number of amides is 1. The molecule has 0 aliphatic carbocycles. The number of benzene rings is 3. The van der Waals surface area contributed by atoms with Crippen LogP contribution < -0.4 is 16.4 Å². The molecule has 0 heterocycles. The molecule has 0 radical (unpaired) electrons. The number of rotatable bonds is 5. The first kappa shape index (κ1) is 16.4. The fourth-order valence-corrected chi connectivity index (χ4v) is 2.57. The van der Waals surface area contributed by atoms with Gasteiger partial charge >= 0.3 is 6.09 Å². The first-order valence-corrected chi connectivity index (χ1v) is 7.89. The van der Waals surface area contributed by atoms with Crippen LogP contribution in [-0.4, -0.2) is 11.2 Å². The number of nitrogens with two attached hydrogens (primary N) is 1. The van der Waals surface area contributed by atoms with Crippen molar-refractivity contribution in [1.29, 1.82) is 0 Å². The number of anilines is 3. The third-order valence-corrected chi connectivity index (χ3v) is 3.85. The summed E-state index contributed by atoms with van der Waals surface area (Å²) in [5.41, 5.74) is 11.0. The van der Waals surface area contributed by atoms with E-state index in [0.717, 1.165) is 11.3 Å². The fraction of sp³-hybridized carbons (Fsp3) is 0.0500. The first-order chi connectivity index (χ1) is 12.1. The molecule has 0 spiro atoms. The van der Waals surface area contributed by atoms with Crippen LogP contribution in [0.15, 0.2) is 72.8 Å². The van der Waals surface area contributed by atoms with Crippen molar-refractivity contribution in [3.05, 3.63) is 78.4 Å². The zero-order valence-corrected chi connectivity index (χ0v) is 13.6. The van der Waals surface area contributed by atoms with E-state index in [2.05, 4.69) is 34.9 Å². The highest BCUT2D eigenvalue weighted by Crippen LogP contribution is 2.23. The van der Waals surface area contributed by atoms with Gasteiger partial charge in [0.2, 0.25) is 0 Å². The summed E-state index contributed by atoms with van der Waals surface area (Å²) in [5, 5.41) is 14.3. The molecule has 0 aliphatic rings. The van der Waals surface area contributed by atoms with Gasteiger partial charge in [0.05, 0.1) is 11.4 Å². The van der Waals surface area contributed by atoms with Gasteiger partial charge in [-0.2, -0.15) is 0 Å². The van der Waals surface area contributed by atoms with Gasteiger partial charge in [-0.3, -0.25) is 5.32 Å². The Morgan fingerprint density at radius 2 is 1.60 bits per heavy atom.